The normalized spacial score (nSPS) is 12.2. The standard InChI is InChI=1S/C14H22BrNO3S/c1-4-6-19-14-12(15)8-11(9-13(14)18-2)10-16-5-7-20(3)17/h8-9,16H,4-7,10H2,1-3H3. The molecule has 1 aromatic rings. The van der Waals surface area contributed by atoms with Crippen LogP contribution < -0.4 is 14.8 Å². The van der Waals surface area contributed by atoms with Gasteiger partial charge in [-0.1, -0.05) is 6.92 Å². The molecule has 1 atom stereocenters. The molecule has 20 heavy (non-hydrogen) atoms. The molecule has 1 N–H and O–H groups in total. The van der Waals surface area contributed by atoms with Gasteiger partial charge < -0.3 is 14.8 Å². The van der Waals surface area contributed by atoms with Crippen molar-refractivity contribution in [1.82, 2.24) is 5.32 Å². The van der Waals surface area contributed by atoms with Crippen molar-refractivity contribution in [2.75, 3.05) is 32.3 Å². The Morgan fingerprint density at radius 3 is 2.75 bits per heavy atom. The lowest BCUT2D eigenvalue weighted by Crippen LogP contribution is -2.19. The maximum absolute atomic E-state index is 11.0. The first-order valence-electron chi connectivity index (χ1n) is 6.58. The second-order valence-electron chi connectivity index (χ2n) is 4.41. The van der Waals surface area contributed by atoms with E-state index in [-0.39, 0.29) is 0 Å². The highest BCUT2D eigenvalue weighted by Gasteiger charge is 2.11. The van der Waals surface area contributed by atoms with Crippen molar-refractivity contribution in [2.24, 2.45) is 0 Å². The molecule has 114 valence electrons. The molecule has 0 amide bonds. The molecule has 0 aliphatic heterocycles. The van der Waals surface area contributed by atoms with E-state index >= 15 is 0 Å². The molecule has 4 nitrogen and oxygen atoms in total. The van der Waals surface area contributed by atoms with Crippen LogP contribution in [-0.4, -0.2) is 36.5 Å². The molecule has 0 aliphatic rings. The van der Waals surface area contributed by atoms with Crippen LogP contribution in [0.2, 0.25) is 0 Å². The summed E-state index contributed by atoms with van der Waals surface area (Å²) in [5.74, 6) is 2.13. The van der Waals surface area contributed by atoms with E-state index in [1.165, 1.54) is 0 Å². The van der Waals surface area contributed by atoms with Gasteiger partial charge in [-0.05, 0) is 40.0 Å². The minimum atomic E-state index is -0.758. The maximum Gasteiger partial charge on any atom is 0.175 e. The zero-order valence-corrected chi connectivity index (χ0v) is 14.6. The highest BCUT2D eigenvalue weighted by molar-refractivity contribution is 9.10. The molecule has 0 saturated carbocycles. The maximum atomic E-state index is 11.0. The van der Waals surface area contributed by atoms with E-state index in [4.69, 9.17) is 9.47 Å². The summed E-state index contributed by atoms with van der Waals surface area (Å²) >= 11 is 3.52. The lowest BCUT2D eigenvalue weighted by Gasteiger charge is -2.14. The number of hydrogen-bond acceptors (Lipinski definition) is 4. The van der Waals surface area contributed by atoms with E-state index in [9.17, 15) is 4.21 Å². The van der Waals surface area contributed by atoms with Crippen molar-refractivity contribution >= 4 is 26.7 Å². The van der Waals surface area contributed by atoms with Crippen molar-refractivity contribution in [2.45, 2.75) is 19.9 Å². The fourth-order valence-corrected chi connectivity index (χ4v) is 2.70. The van der Waals surface area contributed by atoms with Crippen LogP contribution in [0.1, 0.15) is 18.9 Å². The van der Waals surface area contributed by atoms with Gasteiger partial charge in [-0.2, -0.15) is 0 Å². The third kappa shape index (κ3) is 5.81. The lowest BCUT2D eigenvalue weighted by molar-refractivity contribution is 0.292. The second kappa shape index (κ2) is 9.37. The van der Waals surface area contributed by atoms with Gasteiger partial charge in [0.05, 0.1) is 18.2 Å². The van der Waals surface area contributed by atoms with E-state index in [1.807, 2.05) is 12.1 Å². The Bertz CT molecular complexity index is 454. The van der Waals surface area contributed by atoms with Crippen LogP contribution in [0.15, 0.2) is 16.6 Å². The Kier molecular flexibility index (Phi) is 8.18. The van der Waals surface area contributed by atoms with Gasteiger partial charge in [-0.25, -0.2) is 0 Å². The van der Waals surface area contributed by atoms with Crippen LogP contribution in [0.3, 0.4) is 0 Å². The van der Waals surface area contributed by atoms with Gasteiger partial charge in [-0.3, -0.25) is 4.21 Å². The predicted molar refractivity (Wildman–Crippen MR) is 87.1 cm³/mol. The lowest BCUT2D eigenvalue weighted by atomic mass is 10.2. The molecule has 0 aromatic heterocycles. The molecule has 0 fully saturated rings. The molecular weight excluding hydrogens is 342 g/mol. The summed E-state index contributed by atoms with van der Waals surface area (Å²) < 4.78 is 22.9. The molecule has 0 spiro atoms. The molecule has 1 unspecified atom stereocenters. The van der Waals surface area contributed by atoms with Crippen molar-refractivity contribution in [3.05, 3.63) is 22.2 Å². The molecule has 6 heteroatoms. The van der Waals surface area contributed by atoms with E-state index in [0.717, 1.165) is 34.5 Å². The molecule has 0 heterocycles. The van der Waals surface area contributed by atoms with E-state index in [2.05, 4.69) is 28.2 Å². The molecule has 1 rings (SSSR count). The van der Waals surface area contributed by atoms with Gasteiger partial charge >= 0.3 is 0 Å². The number of benzene rings is 1. The van der Waals surface area contributed by atoms with Crippen LogP contribution in [-0.2, 0) is 17.3 Å². The largest absolute Gasteiger partial charge is 0.493 e. The van der Waals surface area contributed by atoms with Gasteiger partial charge in [0.15, 0.2) is 11.5 Å². The summed E-state index contributed by atoms with van der Waals surface area (Å²) in [4.78, 5) is 0. The predicted octanol–water partition coefficient (Wildman–Crippen LogP) is 2.71. The number of nitrogens with one attached hydrogen (secondary N) is 1. The summed E-state index contributed by atoms with van der Waals surface area (Å²) in [6, 6.07) is 3.98. The van der Waals surface area contributed by atoms with Gasteiger partial charge in [0, 0.05) is 35.9 Å². The summed E-state index contributed by atoms with van der Waals surface area (Å²) in [5.41, 5.74) is 1.10. The van der Waals surface area contributed by atoms with Gasteiger partial charge in [0.1, 0.15) is 0 Å². The first kappa shape index (κ1) is 17.5. The van der Waals surface area contributed by atoms with Crippen molar-refractivity contribution in [3.8, 4) is 11.5 Å². The minimum Gasteiger partial charge on any atom is -0.493 e. The Balaban J connectivity index is 2.69. The number of ether oxygens (including phenoxy) is 2. The molecule has 0 bridgehead atoms. The second-order valence-corrected chi connectivity index (χ2v) is 6.82. The third-order valence-electron chi connectivity index (χ3n) is 2.64. The van der Waals surface area contributed by atoms with Gasteiger partial charge in [0.2, 0.25) is 0 Å². The highest BCUT2D eigenvalue weighted by atomic mass is 79.9. The third-order valence-corrected chi connectivity index (χ3v) is 4.00. The molecule has 0 aliphatic carbocycles. The van der Waals surface area contributed by atoms with E-state index < -0.39 is 10.8 Å². The fourth-order valence-electron chi connectivity index (χ4n) is 1.67. The Morgan fingerprint density at radius 1 is 1.40 bits per heavy atom. The monoisotopic (exact) mass is 363 g/mol. The van der Waals surface area contributed by atoms with Gasteiger partial charge in [0.25, 0.3) is 0 Å². The van der Waals surface area contributed by atoms with Crippen molar-refractivity contribution in [1.29, 1.82) is 0 Å². The highest BCUT2D eigenvalue weighted by Crippen LogP contribution is 2.36. The summed E-state index contributed by atoms with van der Waals surface area (Å²) in [6.07, 6.45) is 2.66. The van der Waals surface area contributed by atoms with E-state index in [1.54, 1.807) is 13.4 Å². The fraction of sp³-hybridized carbons (Fsp3) is 0.571. The summed E-state index contributed by atoms with van der Waals surface area (Å²) in [5, 5.41) is 3.26. The van der Waals surface area contributed by atoms with Crippen LogP contribution in [0.4, 0.5) is 0 Å². The Morgan fingerprint density at radius 2 is 2.15 bits per heavy atom. The minimum absolute atomic E-state index is 0.662. The number of rotatable bonds is 9. The first-order valence-corrected chi connectivity index (χ1v) is 9.10. The smallest absolute Gasteiger partial charge is 0.175 e. The molecule has 1 aromatic carbocycles. The van der Waals surface area contributed by atoms with Crippen LogP contribution in [0.25, 0.3) is 0 Å². The van der Waals surface area contributed by atoms with Crippen LogP contribution in [0, 0.1) is 0 Å². The summed E-state index contributed by atoms with van der Waals surface area (Å²) in [7, 11) is 0.879. The van der Waals surface area contributed by atoms with Gasteiger partial charge in [-0.15, -0.1) is 0 Å². The molecular formula is C14H22BrNO3S. The first-order chi connectivity index (χ1) is 9.58. The number of halogens is 1. The Hall–Kier alpha value is -0.590. The molecule has 0 saturated heterocycles. The number of methoxy groups -OCH3 is 1. The average Bonchev–Trinajstić information content (AvgIpc) is 2.41. The van der Waals surface area contributed by atoms with Crippen molar-refractivity contribution in [3.63, 3.8) is 0 Å². The SMILES string of the molecule is CCCOc1c(Br)cc(CNCCS(C)=O)cc1OC. The van der Waals surface area contributed by atoms with Crippen LogP contribution >= 0.6 is 15.9 Å². The zero-order chi connectivity index (χ0) is 15.0. The quantitative estimate of drug-likeness (QED) is 0.685. The van der Waals surface area contributed by atoms with Crippen LogP contribution in [0.5, 0.6) is 11.5 Å². The summed E-state index contributed by atoms with van der Waals surface area (Å²) in [6.45, 7) is 4.17. The molecule has 0 radical (unpaired) electrons. The number of hydrogen-bond donors (Lipinski definition) is 1. The van der Waals surface area contributed by atoms with E-state index in [0.29, 0.717) is 18.9 Å². The average molecular weight is 364 g/mol. The Labute approximate surface area is 131 Å². The zero-order valence-electron chi connectivity index (χ0n) is 12.2. The van der Waals surface area contributed by atoms with Crippen molar-refractivity contribution < 1.29 is 13.7 Å². The topological polar surface area (TPSA) is 47.6 Å².